The van der Waals surface area contributed by atoms with Crippen LogP contribution in [0, 0.1) is 23.5 Å². The van der Waals surface area contributed by atoms with Gasteiger partial charge in [-0.15, -0.1) is 0 Å². The van der Waals surface area contributed by atoms with Crippen molar-refractivity contribution < 1.29 is 63.7 Å². The molecule has 0 aromatic heterocycles. The summed E-state index contributed by atoms with van der Waals surface area (Å²) in [6.45, 7) is 2.93. The fourth-order valence-electron chi connectivity index (χ4n) is 12.1. The van der Waals surface area contributed by atoms with Crippen molar-refractivity contribution in [3.05, 3.63) is 200 Å². The first-order valence-corrected chi connectivity index (χ1v) is 34.5. The first-order valence-electron chi connectivity index (χ1n) is 30.0. The summed E-state index contributed by atoms with van der Waals surface area (Å²) in [4.78, 5) is 58.6. The molecule has 0 spiro atoms. The molecule has 0 bridgehead atoms. The Morgan fingerprint density at radius 1 is 0.500 bits per heavy atom. The van der Waals surface area contributed by atoms with E-state index >= 15 is 8.78 Å². The quantitative estimate of drug-likeness (QED) is 0.0463. The summed E-state index contributed by atoms with van der Waals surface area (Å²) in [5.74, 6) is -4.57. The number of hydrogen-bond donors (Lipinski definition) is 0. The fourth-order valence-corrected chi connectivity index (χ4v) is 16.5. The van der Waals surface area contributed by atoms with Crippen LogP contribution in [0.25, 0.3) is 0 Å². The molecule has 476 valence electrons. The molecule has 6 aromatic rings. The Kier molecular flexibility index (Phi) is 19.9. The highest BCUT2D eigenvalue weighted by Gasteiger charge is 2.56. The fraction of sp³-hybridized carbons (Fsp3) is 0.394. The van der Waals surface area contributed by atoms with Gasteiger partial charge in [0.25, 0.3) is 11.8 Å². The smallest absolute Gasteiger partial charge is 0.345 e. The molecule has 6 aromatic carbocycles. The van der Waals surface area contributed by atoms with Crippen LogP contribution in [0.4, 0.5) is 20.2 Å². The molecule has 6 fully saturated rings. The number of para-hydroxylation sites is 2. The molecule has 4 aliphatic carbocycles. The Hall–Kier alpha value is -6.36. The molecule has 0 radical (unpaired) electrons. The number of halogens is 6. The number of ether oxygens (including phenoxy) is 4. The van der Waals surface area contributed by atoms with Gasteiger partial charge in [-0.25, -0.2) is 35.2 Å². The van der Waals surface area contributed by atoms with Gasteiger partial charge >= 0.3 is 11.9 Å². The van der Waals surface area contributed by atoms with E-state index in [1.54, 1.807) is 133 Å². The highest BCUT2D eigenvalue weighted by molar-refractivity contribution is 7.94. The van der Waals surface area contributed by atoms with Gasteiger partial charge in [0.05, 0.1) is 72.3 Å². The van der Waals surface area contributed by atoms with Crippen LogP contribution in [0.3, 0.4) is 0 Å². The van der Waals surface area contributed by atoms with Crippen LogP contribution in [0.15, 0.2) is 146 Å². The predicted molar refractivity (Wildman–Crippen MR) is 338 cm³/mol. The third kappa shape index (κ3) is 14.2. The van der Waals surface area contributed by atoms with Crippen LogP contribution in [-0.4, -0.2) is 111 Å². The van der Waals surface area contributed by atoms with Gasteiger partial charge in [0.1, 0.15) is 23.8 Å². The van der Waals surface area contributed by atoms with E-state index in [4.69, 9.17) is 65.4 Å². The molecule has 2 heterocycles. The number of morpholine rings is 2. The summed E-state index contributed by atoms with van der Waals surface area (Å²) in [7, 11) is -7.92. The van der Waals surface area contributed by atoms with Crippen molar-refractivity contribution in [1.82, 2.24) is 9.80 Å². The normalized spacial score (nSPS) is 22.6. The first-order chi connectivity index (χ1) is 43.2. The number of hydrogen-bond acceptors (Lipinski definition) is 12. The minimum atomic E-state index is -3.96. The Morgan fingerprint density at radius 2 is 0.856 bits per heavy atom. The highest BCUT2D eigenvalue weighted by atomic mass is 35.5. The van der Waals surface area contributed by atoms with Crippen molar-refractivity contribution in [2.45, 2.75) is 124 Å². The maximum absolute atomic E-state index is 15.3. The van der Waals surface area contributed by atoms with Crippen LogP contribution < -0.4 is 8.61 Å². The van der Waals surface area contributed by atoms with E-state index in [1.807, 2.05) is 0 Å². The minimum absolute atomic E-state index is 0.0289. The lowest BCUT2D eigenvalue weighted by molar-refractivity contribution is -0.194. The van der Waals surface area contributed by atoms with E-state index in [1.165, 1.54) is 36.4 Å². The molecule has 8 atom stereocenters. The van der Waals surface area contributed by atoms with Crippen molar-refractivity contribution >= 4 is 102 Å². The highest BCUT2D eigenvalue weighted by Crippen LogP contribution is 2.51. The SMILES string of the molecule is CCOC(=O)[C@@H]1O[C@H](c2cccc(Cl)c2)[C@@H](c2ccc(Cl)cc2)N([C@H](CN(c2ccccc2F)S(=O)(=O)C2CC2)C2CC2)C1=O.CCOC(=O)[C@H]1O[C@H](c2cccc(Cl)c2)[C@@H](c2ccc(Cl)cc2)N([C@H](CN(c2ccccc2F)S(=O)(=O)C2CC2)C2CC2)C1=O. The Morgan fingerprint density at radius 3 is 1.17 bits per heavy atom. The molecule has 16 nitrogen and oxygen atoms in total. The number of benzene rings is 6. The van der Waals surface area contributed by atoms with Crippen LogP contribution in [0.1, 0.15) is 112 Å². The number of carbonyl (C=O) groups is 4. The molecule has 2 amide bonds. The van der Waals surface area contributed by atoms with Gasteiger partial charge in [0.15, 0.2) is 0 Å². The van der Waals surface area contributed by atoms with E-state index in [-0.39, 0.29) is 49.5 Å². The van der Waals surface area contributed by atoms with E-state index in [9.17, 15) is 36.0 Å². The molecule has 90 heavy (non-hydrogen) atoms. The number of rotatable bonds is 22. The molecule has 12 rings (SSSR count). The van der Waals surface area contributed by atoms with Gasteiger partial charge in [-0.2, -0.15) is 0 Å². The van der Waals surface area contributed by atoms with Gasteiger partial charge in [-0.1, -0.05) is 119 Å². The van der Waals surface area contributed by atoms with Gasteiger partial charge in [-0.3, -0.25) is 18.2 Å². The standard InChI is InChI=1S/2C33H33Cl2FN2O6S/c2*1-2-43-33(40)31-32(39)38(29(21-12-14-23(34)15-13-21)30(44-31)22-6-5-7-24(35)18-22)28(20-10-11-20)19-37(45(41,42)25-16-17-25)27-9-4-3-8-26(27)36/h2*3-9,12-15,18,20,25,28-31H,2,10-11,16-17,19H2,1H3/t28-,29-,30-,31+;28-,29-,30-,31-/m11/s1. The van der Waals surface area contributed by atoms with Crippen molar-refractivity contribution in [1.29, 1.82) is 0 Å². The van der Waals surface area contributed by atoms with Crippen molar-refractivity contribution in [2.24, 2.45) is 11.8 Å². The maximum Gasteiger partial charge on any atom is 0.345 e. The van der Waals surface area contributed by atoms with E-state index in [0.29, 0.717) is 68.0 Å². The van der Waals surface area contributed by atoms with Crippen molar-refractivity contribution in [2.75, 3.05) is 34.9 Å². The third-order valence-electron chi connectivity index (χ3n) is 17.0. The molecule has 24 heteroatoms. The van der Waals surface area contributed by atoms with Crippen LogP contribution >= 0.6 is 46.4 Å². The Bertz CT molecular complexity index is 3610. The lowest BCUT2D eigenvalue weighted by atomic mass is 9.89. The number of sulfonamides is 2. The largest absolute Gasteiger partial charge is 0.464 e. The summed E-state index contributed by atoms with van der Waals surface area (Å²) in [5, 5.41) is 0.574. The summed E-state index contributed by atoms with van der Waals surface area (Å²) < 4.78 is 112. The average Bonchev–Trinajstić information content (AvgIpc) is 1.99. The predicted octanol–water partition coefficient (Wildman–Crippen LogP) is 13.0. The second-order valence-corrected chi connectivity index (χ2v) is 29.3. The molecule has 2 aliphatic heterocycles. The monoisotopic (exact) mass is 1350 g/mol. The van der Waals surface area contributed by atoms with Crippen LogP contribution in [0.2, 0.25) is 20.1 Å². The zero-order valence-corrected chi connectivity index (χ0v) is 53.7. The summed E-state index contributed by atoms with van der Waals surface area (Å²) in [6.07, 6.45) is -0.180. The Balaban J connectivity index is 0.000000185. The molecule has 6 aliphatic rings. The van der Waals surface area contributed by atoms with Crippen molar-refractivity contribution in [3.8, 4) is 0 Å². The number of esters is 2. The lowest BCUT2D eigenvalue weighted by Crippen LogP contribution is -2.60. The summed E-state index contributed by atoms with van der Waals surface area (Å²) >= 11 is 25.3. The maximum atomic E-state index is 15.3. The molecule has 2 saturated heterocycles. The van der Waals surface area contributed by atoms with Gasteiger partial charge in [0, 0.05) is 20.1 Å². The topological polar surface area (TPSA) is 186 Å². The summed E-state index contributed by atoms with van der Waals surface area (Å²) in [6, 6.07) is 36.2. The number of anilines is 2. The molecular formula is C66H66Cl4F2N4O12S2. The molecule has 4 saturated carbocycles. The molecular weight excluding hydrogens is 1280 g/mol. The van der Waals surface area contributed by atoms with Crippen molar-refractivity contribution in [3.63, 3.8) is 0 Å². The van der Waals surface area contributed by atoms with E-state index in [2.05, 4.69) is 0 Å². The van der Waals surface area contributed by atoms with Gasteiger partial charge in [0.2, 0.25) is 32.3 Å². The third-order valence-corrected chi connectivity index (χ3v) is 22.5. The van der Waals surface area contributed by atoms with Crippen LogP contribution in [-0.2, 0) is 58.2 Å². The second-order valence-electron chi connectivity index (χ2n) is 23.2. The second kappa shape index (κ2) is 27.5. The zero-order chi connectivity index (χ0) is 63.8. The summed E-state index contributed by atoms with van der Waals surface area (Å²) in [5.41, 5.74) is 2.39. The number of carbonyl (C=O) groups excluding carboxylic acids is 4. The molecule has 0 unspecified atom stereocenters. The van der Waals surface area contributed by atoms with E-state index < -0.39 is 115 Å². The van der Waals surface area contributed by atoms with Gasteiger partial charge < -0.3 is 28.7 Å². The Labute approximate surface area is 542 Å². The van der Waals surface area contributed by atoms with Gasteiger partial charge in [-0.05, 0) is 172 Å². The van der Waals surface area contributed by atoms with E-state index in [0.717, 1.165) is 34.3 Å². The van der Waals surface area contributed by atoms with Crippen LogP contribution in [0.5, 0.6) is 0 Å². The zero-order valence-electron chi connectivity index (χ0n) is 49.0. The lowest BCUT2D eigenvalue weighted by Gasteiger charge is -2.48. The average molecular weight is 1350 g/mol. The number of amides is 2. The first kappa shape index (κ1) is 65.1. The molecule has 0 N–H and O–H groups in total. The number of nitrogens with zero attached hydrogens (tertiary/aromatic N) is 4. The minimum Gasteiger partial charge on any atom is -0.464 e.